The number of carboxylic acid groups (broad SMARTS) is 1. The van der Waals surface area contributed by atoms with Crippen LogP contribution in [0.1, 0.15) is 91.5 Å². The summed E-state index contributed by atoms with van der Waals surface area (Å²) in [7, 11) is 0. The molecule has 1 aliphatic carbocycles. The second-order valence-corrected chi connectivity index (χ2v) is 12.2. The van der Waals surface area contributed by atoms with Crippen molar-refractivity contribution in [3.8, 4) is 0 Å². The third-order valence-electron chi connectivity index (χ3n) is 7.07. The number of ketones is 1. The highest BCUT2D eigenvalue weighted by Gasteiger charge is 2.45. The molecule has 0 atom stereocenters. The molecule has 1 N–H and O–H groups in total. The van der Waals surface area contributed by atoms with Crippen LogP contribution in [0.2, 0.25) is 10.2 Å². The van der Waals surface area contributed by atoms with E-state index in [9.17, 15) is 32.7 Å². The molecular weight excluding hydrogens is 588 g/mol. The molecule has 2 heterocycles. The van der Waals surface area contributed by atoms with Gasteiger partial charge in [-0.25, -0.2) is 4.98 Å². The number of hydrogen-bond acceptors (Lipinski definition) is 6. The molecule has 2 aromatic heterocycles. The van der Waals surface area contributed by atoms with E-state index in [4.69, 9.17) is 27.9 Å². The van der Waals surface area contributed by atoms with Crippen LogP contribution in [0.3, 0.4) is 0 Å². The van der Waals surface area contributed by atoms with Crippen LogP contribution >= 0.6 is 23.2 Å². The number of nitrogens with zero attached hydrogens (tertiary/aromatic N) is 4. The van der Waals surface area contributed by atoms with E-state index < -0.39 is 58.7 Å². The van der Waals surface area contributed by atoms with Crippen LogP contribution in [0.15, 0.2) is 12.3 Å². The highest BCUT2D eigenvalue weighted by molar-refractivity contribution is 6.39. The first kappa shape index (κ1) is 32.8. The molecule has 2 aromatic rings. The van der Waals surface area contributed by atoms with Crippen LogP contribution in [-0.2, 0) is 15.7 Å². The first-order valence-corrected chi connectivity index (χ1v) is 13.8. The molecule has 0 aliphatic heterocycles. The summed E-state index contributed by atoms with van der Waals surface area (Å²) in [6.07, 6.45) is -3.53. The van der Waals surface area contributed by atoms with E-state index in [2.05, 4.69) is 10.1 Å². The van der Waals surface area contributed by atoms with E-state index in [1.807, 2.05) is 0 Å². The topological polar surface area (TPSA) is 115 Å². The van der Waals surface area contributed by atoms with Crippen molar-refractivity contribution in [1.82, 2.24) is 19.7 Å². The summed E-state index contributed by atoms with van der Waals surface area (Å²) in [6, 6.07) is 0.664. The van der Waals surface area contributed by atoms with E-state index in [1.54, 1.807) is 34.6 Å². The number of Topliss-reactive ketones (excluding diaryl/α,β-unsaturated/α-hetero) is 1. The van der Waals surface area contributed by atoms with Gasteiger partial charge >= 0.3 is 12.1 Å². The zero-order valence-corrected chi connectivity index (χ0v) is 25.0. The van der Waals surface area contributed by atoms with Gasteiger partial charge in [0.25, 0.3) is 5.91 Å². The summed E-state index contributed by atoms with van der Waals surface area (Å²) in [5, 5.41) is 13.2. The summed E-state index contributed by atoms with van der Waals surface area (Å²) >= 11 is 12.4. The number of rotatable bonds is 9. The largest absolute Gasteiger partial charge is 0.481 e. The first-order valence-electron chi connectivity index (χ1n) is 13.0. The number of aliphatic carboxylic acids is 1. The van der Waals surface area contributed by atoms with E-state index in [-0.39, 0.29) is 54.6 Å². The molecule has 1 aliphatic rings. The fraction of sp³-hybridized carbons (Fsp3) is 0.593. The predicted molar refractivity (Wildman–Crippen MR) is 145 cm³/mol. The second-order valence-electron chi connectivity index (χ2n) is 11.5. The molecule has 3 rings (SSSR count). The lowest BCUT2D eigenvalue weighted by Crippen LogP contribution is -2.40. The van der Waals surface area contributed by atoms with Crippen molar-refractivity contribution in [1.29, 1.82) is 0 Å². The third kappa shape index (κ3) is 7.78. The summed E-state index contributed by atoms with van der Waals surface area (Å²) in [4.78, 5) is 43.4. The van der Waals surface area contributed by atoms with Gasteiger partial charge < -0.3 is 14.7 Å². The van der Waals surface area contributed by atoms with Crippen LogP contribution in [0, 0.1) is 12.3 Å². The highest BCUT2D eigenvalue weighted by atomic mass is 35.5. The summed E-state index contributed by atoms with van der Waals surface area (Å²) in [6.45, 7) is 7.58. The van der Waals surface area contributed by atoms with Gasteiger partial charge in [-0.2, -0.15) is 18.3 Å². The standard InChI is InChI=1S/C27H33Cl2F3N4O5/c1-15-12-18(28)20(22(29)34-15)19(37)14-35(10-11-41-25(2,3)4)23(38)17-13-33-36(21(17)27(30,31)32)16-6-8-26(5,9-7-16)24(39)40/h12-13,16H,6-11,14H2,1-5H3,(H,39,40)/t16-,26-. The van der Waals surface area contributed by atoms with Gasteiger partial charge in [0.1, 0.15) is 5.15 Å². The van der Waals surface area contributed by atoms with E-state index in [1.165, 1.54) is 6.07 Å². The normalized spacial score (nSPS) is 19.7. The van der Waals surface area contributed by atoms with Crippen molar-refractivity contribution >= 4 is 40.9 Å². The Bertz CT molecular complexity index is 1290. The molecule has 9 nitrogen and oxygen atoms in total. The van der Waals surface area contributed by atoms with Crippen molar-refractivity contribution in [2.45, 2.75) is 78.1 Å². The average molecular weight is 621 g/mol. The molecule has 0 aromatic carbocycles. The number of aryl methyl sites for hydroxylation is 1. The van der Waals surface area contributed by atoms with E-state index >= 15 is 0 Å². The van der Waals surface area contributed by atoms with Gasteiger partial charge in [0.05, 0.1) is 52.6 Å². The minimum atomic E-state index is -4.96. The first-order chi connectivity index (χ1) is 18.8. The summed E-state index contributed by atoms with van der Waals surface area (Å²) in [5.41, 5.74) is -3.33. The van der Waals surface area contributed by atoms with Gasteiger partial charge in [0.15, 0.2) is 11.5 Å². The summed E-state index contributed by atoms with van der Waals surface area (Å²) < 4.78 is 49.7. The average Bonchev–Trinajstić information content (AvgIpc) is 3.28. The van der Waals surface area contributed by atoms with Crippen molar-refractivity contribution in [2.24, 2.45) is 5.41 Å². The van der Waals surface area contributed by atoms with Gasteiger partial charge in [-0.05, 0) is 66.4 Å². The van der Waals surface area contributed by atoms with Gasteiger partial charge in [-0.1, -0.05) is 23.2 Å². The minimum Gasteiger partial charge on any atom is -0.481 e. The number of hydrogen-bond donors (Lipinski definition) is 1. The number of carbonyl (C=O) groups is 3. The summed E-state index contributed by atoms with van der Waals surface area (Å²) in [5.74, 6) is -2.80. The Kier molecular flexibility index (Phi) is 9.82. The number of carboxylic acids is 1. The Balaban J connectivity index is 1.96. The predicted octanol–water partition coefficient (Wildman–Crippen LogP) is 6.26. The van der Waals surface area contributed by atoms with Crippen molar-refractivity contribution in [2.75, 3.05) is 19.7 Å². The highest BCUT2D eigenvalue weighted by Crippen LogP contribution is 2.43. The lowest BCUT2D eigenvalue weighted by molar-refractivity contribution is -0.152. The SMILES string of the molecule is Cc1cc(Cl)c(C(=O)CN(CCOC(C)(C)C)C(=O)c2cnn([C@H]3CC[C@](C)(C(=O)O)CC3)c2C(F)(F)F)c(Cl)n1. The van der Waals surface area contributed by atoms with Gasteiger partial charge in [0, 0.05) is 12.2 Å². The Morgan fingerprint density at radius 2 is 1.80 bits per heavy atom. The van der Waals surface area contributed by atoms with Crippen molar-refractivity contribution < 1.29 is 37.4 Å². The number of ether oxygens (including phenoxy) is 1. The maximum absolute atomic E-state index is 14.4. The Morgan fingerprint density at radius 3 is 2.32 bits per heavy atom. The molecule has 0 spiro atoms. The lowest BCUT2D eigenvalue weighted by Gasteiger charge is -2.34. The molecular formula is C27H33Cl2F3N4O5. The number of carbonyl (C=O) groups excluding carboxylic acids is 2. The lowest BCUT2D eigenvalue weighted by atomic mass is 9.74. The van der Waals surface area contributed by atoms with Crippen LogP contribution < -0.4 is 0 Å². The third-order valence-corrected chi connectivity index (χ3v) is 7.64. The Hall–Kier alpha value is -2.70. The fourth-order valence-electron chi connectivity index (χ4n) is 4.76. The van der Waals surface area contributed by atoms with Crippen LogP contribution in [0.25, 0.3) is 0 Å². The molecule has 0 radical (unpaired) electrons. The van der Waals surface area contributed by atoms with Crippen LogP contribution in [0.4, 0.5) is 13.2 Å². The van der Waals surface area contributed by atoms with Gasteiger partial charge in [-0.3, -0.25) is 19.1 Å². The number of aromatic nitrogens is 3. The quantitative estimate of drug-likeness (QED) is 0.260. The van der Waals surface area contributed by atoms with Crippen LogP contribution in [0.5, 0.6) is 0 Å². The van der Waals surface area contributed by atoms with Crippen molar-refractivity contribution in [3.05, 3.63) is 45.0 Å². The molecule has 0 unspecified atom stereocenters. The molecule has 0 bridgehead atoms. The molecule has 41 heavy (non-hydrogen) atoms. The minimum absolute atomic E-state index is 0.000278. The molecule has 14 heteroatoms. The molecule has 226 valence electrons. The van der Waals surface area contributed by atoms with Crippen molar-refractivity contribution in [3.63, 3.8) is 0 Å². The second kappa shape index (κ2) is 12.3. The molecule has 1 saturated carbocycles. The maximum Gasteiger partial charge on any atom is 0.433 e. The van der Waals surface area contributed by atoms with E-state index in [0.717, 1.165) is 15.8 Å². The maximum atomic E-state index is 14.4. The zero-order valence-electron chi connectivity index (χ0n) is 23.4. The number of halogens is 5. The van der Waals surface area contributed by atoms with E-state index in [0.29, 0.717) is 5.69 Å². The Morgan fingerprint density at radius 1 is 1.20 bits per heavy atom. The number of alkyl halides is 3. The molecule has 1 fully saturated rings. The molecule has 1 amide bonds. The zero-order chi connectivity index (χ0) is 30.9. The van der Waals surface area contributed by atoms with Gasteiger partial charge in [0.2, 0.25) is 0 Å². The van der Waals surface area contributed by atoms with Gasteiger partial charge in [-0.15, -0.1) is 0 Å². The Labute approximate surface area is 245 Å². The number of pyridine rings is 1. The van der Waals surface area contributed by atoms with Crippen LogP contribution in [-0.4, -0.2) is 67.7 Å². The smallest absolute Gasteiger partial charge is 0.433 e. The monoisotopic (exact) mass is 620 g/mol. The number of amides is 1. The fourth-order valence-corrected chi connectivity index (χ4v) is 5.50. The molecule has 0 saturated heterocycles.